The summed E-state index contributed by atoms with van der Waals surface area (Å²) < 4.78 is 0. The zero-order chi connectivity index (χ0) is 14.7. The molecule has 2 aromatic rings. The van der Waals surface area contributed by atoms with Crippen molar-refractivity contribution in [1.82, 2.24) is 5.32 Å². The minimum absolute atomic E-state index is 0.590. The maximum absolute atomic E-state index is 3.57. The fourth-order valence-corrected chi connectivity index (χ4v) is 3.42. The first-order chi connectivity index (χ1) is 10.3. The first-order valence-electron chi connectivity index (χ1n) is 8.14. The summed E-state index contributed by atoms with van der Waals surface area (Å²) in [6.07, 6.45) is 2.35. The molecule has 0 spiro atoms. The summed E-state index contributed by atoms with van der Waals surface area (Å²) in [5, 5.41) is 3.57. The molecule has 0 amide bonds. The van der Waals surface area contributed by atoms with Crippen molar-refractivity contribution in [3.8, 4) is 0 Å². The molecule has 1 saturated heterocycles. The van der Waals surface area contributed by atoms with Crippen LogP contribution in [0.3, 0.4) is 0 Å². The Labute approximate surface area is 128 Å². The number of nitrogens with one attached hydrogen (secondary N) is 1. The zero-order valence-electron chi connectivity index (χ0n) is 13.1. The van der Waals surface area contributed by atoms with E-state index in [1.807, 2.05) is 0 Å². The van der Waals surface area contributed by atoms with E-state index in [1.165, 1.54) is 28.7 Å². The molecule has 0 aromatic heterocycles. The standard InChI is InChI=1S/C20H25N/c1-3-16-6-10-17(11-7-16)19-12-13-21-14-20(19)18-8-4-15(2)5-9-18/h4-11,19-21H,3,12-14H2,1-2H3. The van der Waals surface area contributed by atoms with Crippen molar-refractivity contribution in [2.75, 3.05) is 13.1 Å². The first-order valence-corrected chi connectivity index (χ1v) is 8.14. The van der Waals surface area contributed by atoms with Crippen LogP contribution in [0.5, 0.6) is 0 Å². The molecule has 0 aliphatic carbocycles. The highest BCUT2D eigenvalue weighted by atomic mass is 14.9. The molecule has 2 atom stereocenters. The lowest BCUT2D eigenvalue weighted by Crippen LogP contribution is -2.34. The largest absolute Gasteiger partial charge is 0.316 e. The summed E-state index contributed by atoms with van der Waals surface area (Å²) in [6, 6.07) is 18.4. The molecule has 1 heteroatoms. The number of benzene rings is 2. The van der Waals surface area contributed by atoms with Crippen molar-refractivity contribution in [3.05, 3.63) is 70.8 Å². The molecule has 110 valence electrons. The van der Waals surface area contributed by atoms with Gasteiger partial charge in [-0.25, -0.2) is 0 Å². The van der Waals surface area contributed by atoms with Gasteiger partial charge in [-0.1, -0.05) is 61.0 Å². The molecule has 2 aromatic carbocycles. The highest BCUT2D eigenvalue weighted by molar-refractivity contribution is 5.33. The molecule has 2 unspecified atom stereocenters. The van der Waals surface area contributed by atoms with Crippen molar-refractivity contribution in [2.45, 2.75) is 38.5 Å². The van der Waals surface area contributed by atoms with Crippen molar-refractivity contribution in [1.29, 1.82) is 0 Å². The first kappa shape index (κ1) is 14.3. The van der Waals surface area contributed by atoms with Gasteiger partial charge in [0.1, 0.15) is 0 Å². The lowest BCUT2D eigenvalue weighted by Gasteiger charge is -2.33. The smallest absolute Gasteiger partial charge is 0.00326 e. The fourth-order valence-electron chi connectivity index (χ4n) is 3.42. The average molecular weight is 279 g/mol. The Morgan fingerprint density at radius 2 is 1.52 bits per heavy atom. The monoisotopic (exact) mass is 279 g/mol. The SMILES string of the molecule is CCc1ccc(C2CCNCC2c2ccc(C)cc2)cc1. The lowest BCUT2D eigenvalue weighted by molar-refractivity contribution is 0.404. The molecule has 1 N–H and O–H groups in total. The van der Waals surface area contributed by atoms with E-state index in [4.69, 9.17) is 0 Å². The van der Waals surface area contributed by atoms with Gasteiger partial charge in [-0.15, -0.1) is 0 Å². The predicted octanol–water partition coefficient (Wildman–Crippen LogP) is 4.42. The Morgan fingerprint density at radius 3 is 2.19 bits per heavy atom. The maximum Gasteiger partial charge on any atom is 0.00326 e. The van der Waals surface area contributed by atoms with Gasteiger partial charge < -0.3 is 5.32 Å². The minimum atomic E-state index is 0.590. The summed E-state index contributed by atoms with van der Waals surface area (Å²) in [5.41, 5.74) is 5.74. The van der Waals surface area contributed by atoms with E-state index in [2.05, 4.69) is 67.7 Å². The normalized spacial score (nSPS) is 22.2. The quantitative estimate of drug-likeness (QED) is 0.877. The molecule has 21 heavy (non-hydrogen) atoms. The van der Waals surface area contributed by atoms with Crippen LogP contribution in [0.2, 0.25) is 0 Å². The van der Waals surface area contributed by atoms with E-state index in [0.717, 1.165) is 19.5 Å². The van der Waals surface area contributed by atoms with Crippen LogP contribution >= 0.6 is 0 Å². The van der Waals surface area contributed by atoms with Crippen LogP contribution in [0.4, 0.5) is 0 Å². The van der Waals surface area contributed by atoms with Crippen LogP contribution in [0, 0.1) is 6.92 Å². The third-order valence-electron chi connectivity index (χ3n) is 4.80. The van der Waals surface area contributed by atoms with E-state index in [0.29, 0.717) is 11.8 Å². The van der Waals surface area contributed by atoms with Crippen molar-refractivity contribution < 1.29 is 0 Å². The van der Waals surface area contributed by atoms with Gasteiger partial charge in [0.2, 0.25) is 0 Å². The molecular weight excluding hydrogens is 254 g/mol. The van der Waals surface area contributed by atoms with Gasteiger partial charge in [0, 0.05) is 12.5 Å². The highest BCUT2D eigenvalue weighted by Crippen LogP contribution is 2.37. The summed E-state index contributed by atoms with van der Waals surface area (Å²) in [4.78, 5) is 0. The van der Waals surface area contributed by atoms with Crippen LogP contribution in [0.25, 0.3) is 0 Å². The summed E-state index contributed by atoms with van der Waals surface area (Å²) in [6.45, 7) is 6.59. The van der Waals surface area contributed by atoms with Crippen molar-refractivity contribution >= 4 is 0 Å². The van der Waals surface area contributed by atoms with E-state index in [1.54, 1.807) is 0 Å². The molecule has 1 nitrogen and oxygen atoms in total. The second-order valence-electron chi connectivity index (χ2n) is 6.21. The van der Waals surface area contributed by atoms with E-state index >= 15 is 0 Å². The fraction of sp³-hybridized carbons (Fsp3) is 0.400. The van der Waals surface area contributed by atoms with Crippen LogP contribution in [0.1, 0.15) is 47.4 Å². The van der Waals surface area contributed by atoms with Gasteiger partial charge in [0.15, 0.2) is 0 Å². The van der Waals surface area contributed by atoms with Gasteiger partial charge >= 0.3 is 0 Å². The second-order valence-corrected chi connectivity index (χ2v) is 6.21. The minimum Gasteiger partial charge on any atom is -0.316 e. The molecule has 1 fully saturated rings. The lowest BCUT2D eigenvalue weighted by atomic mass is 9.77. The Balaban J connectivity index is 1.88. The number of hydrogen-bond donors (Lipinski definition) is 1. The van der Waals surface area contributed by atoms with Crippen LogP contribution in [0.15, 0.2) is 48.5 Å². The third-order valence-corrected chi connectivity index (χ3v) is 4.80. The van der Waals surface area contributed by atoms with Crippen molar-refractivity contribution in [2.24, 2.45) is 0 Å². The van der Waals surface area contributed by atoms with Gasteiger partial charge in [-0.3, -0.25) is 0 Å². The van der Waals surface area contributed by atoms with E-state index < -0.39 is 0 Å². The van der Waals surface area contributed by atoms with Crippen molar-refractivity contribution in [3.63, 3.8) is 0 Å². The molecule has 3 rings (SSSR count). The molecule has 1 aliphatic rings. The van der Waals surface area contributed by atoms with Gasteiger partial charge in [-0.2, -0.15) is 0 Å². The molecule has 0 bridgehead atoms. The van der Waals surface area contributed by atoms with Crippen LogP contribution in [-0.4, -0.2) is 13.1 Å². The molecule has 1 aliphatic heterocycles. The molecule has 0 radical (unpaired) electrons. The highest BCUT2D eigenvalue weighted by Gasteiger charge is 2.27. The molecule has 1 heterocycles. The van der Waals surface area contributed by atoms with Crippen LogP contribution < -0.4 is 5.32 Å². The molecular formula is C20H25N. The number of rotatable bonds is 3. The Hall–Kier alpha value is -1.60. The Morgan fingerprint density at radius 1 is 0.905 bits per heavy atom. The Kier molecular flexibility index (Phi) is 4.40. The van der Waals surface area contributed by atoms with Gasteiger partial charge in [0.05, 0.1) is 0 Å². The number of aryl methyl sites for hydroxylation is 2. The predicted molar refractivity (Wildman–Crippen MR) is 90.0 cm³/mol. The topological polar surface area (TPSA) is 12.0 Å². The average Bonchev–Trinajstić information content (AvgIpc) is 2.56. The molecule has 0 saturated carbocycles. The Bertz CT molecular complexity index is 568. The summed E-state index contributed by atoms with van der Waals surface area (Å²) >= 11 is 0. The second kappa shape index (κ2) is 6.44. The number of piperidine rings is 1. The maximum atomic E-state index is 3.57. The third kappa shape index (κ3) is 3.19. The summed E-state index contributed by atoms with van der Waals surface area (Å²) in [5.74, 6) is 1.23. The number of hydrogen-bond acceptors (Lipinski definition) is 1. The van der Waals surface area contributed by atoms with Crippen LogP contribution in [-0.2, 0) is 6.42 Å². The van der Waals surface area contributed by atoms with E-state index in [9.17, 15) is 0 Å². The zero-order valence-corrected chi connectivity index (χ0v) is 13.1. The van der Waals surface area contributed by atoms with Gasteiger partial charge in [-0.05, 0) is 48.9 Å². The van der Waals surface area contributed by atoms with E-state index in [-0.39, 0.29) is 0 Å². The summed E-state index contributed by atoms with van der Waals surface area (Å²) in [7, 11) is 0. The van der Waals surface area contributed by atoms with Gasteiger partial charge in [0.25, 0.3) is 0 Å².